The average Bonchev–Trinajstić information content (AvgIpc) is 2.43. The van der Waals surface area contributed by atoms with Gasteiger partial charge in [0, 0.05) is 6.07 Å². The highest BCUT2D eigenvalue weighted by molar-refractivity contribution is 5.59. The SMILES string of the molecule is CCCCCCCCCCc1ccc(N)c([N+](=O)[O-])c1. The molecule has 0 spiro atoms. The zero-order valence-corrected chi connectivity index (χ0v) is 12.4. The molecule has 1 aromatic carbocycles. The fourth-order valence-corrected chi connectivity index (χ4v) is 2.37. The van der Waals surface area contributed by atoms with Gasteiger partial charge in [-0.25, -0.2) is 0 Å². The quantitative estimate of drug-likeness (QED) is 0.287. The van der Waals surface area contributed by atoms with E-state index in [-0.39, 0.29) is 11.4 Å². The van der Waals surface area contributed by atoms with E-state index < -0.39 is 4.92 Å². The molecule has 0 fully saturated rings. The Morgan fingerprint density at radius 1 is 1.05 bits per heavy atom. The van der Waals surface area contributed by atoms with E-state index in [1.807, 2.05) is 6.07 Å². The lowest BCUT2D eigenvalue weighted by Crippen LogP contribution is -1.97. The maximum absolute atomic E-state index is 10.8. The fraction of sp³-hybridized carbons (Fsp3) is 0.625. The molecule has 0 amide bonds. The van der Waals surface area contributed by atoms with E-state index in [0.717, 1.165) is 18.4 Å². The van der Waals surface area contributed by atoms with Gasteiger partial charge in [-0.3, -0.25) is 10.1 Å². The molecular weight excluding hydrogens is 252 g/mol. The van der Waals surface area contributed by atoms with Gasteiger partial charge in [0.25, 0.3) is 5.69 Å². The van der Waals surface area contributed by atoms with Crippen molar-refractivity contribution in [3.8, 4) is 0 Å². The number of nitro benzene ring substituents is 1. The van der Waals surface area contributed by atoms with Gasteiger partial charge < -0.3 is 5.73 Å². The lowest BCUT2D eigenvalue weighted by molar-refractivity contribution is -0.384. The summed E-state index contributed by atoms with van der Waals surface area (Å²) in [6.07, 6.45) is 11.1. The van der Waals surface area contributed by atoms with E-state index in [1.165, 1.54) is 44.9 Å². The molecule has 0 saturated carbocycles. The van der Waals surface area contributed by atoms with E-state index >= 15 is 0 Å². The molecule has 2 N–H and O–H groups in total. The smallest absolute Gasteiger partial charge is 0.292 e. The summed E-state index contributed by atoms with van der Waals surface area (Å²) in [5.74, 6) is 0. The number of anilines is 1. The van der Waals surface area contributed by atoms with Crippen LogP contribution in [0.5, 0.6) is 0 Å². The summed E-state index contributed by atoms with van der Waals surface area (Å²) in [6, 6.07) is 5.14. The lowest BCUT2D eigenvalue weighted by Gasteiger charge is -2.04. The normalized spacial score (nSPS) is 10.7. The number of nitro groups is 1. The number of benzene rings is 1. The average molecular weight is 278 g/mol. The summed E-state index contributed by atoms with van der Waals surface area (Å²) in [6.45, 7) is 2.23. The zero-order valence-electron chi connectivity index (χ0n) is 12.4. The van der Waals surface area contributed by atoms with Crippen molar-refractivity contribution in [2.45, 2.75) is 64.7 Å². The fourth-order valence-electron chi connectivity index (χ4n) is 2.37. The van der Waals surface area contributed by atoms with E-state index in [2.05, 4.69) is 6.92 Å². The van der Waals surface area contributed by atoms with Crippen molar-refractivity contribution >= 4 is 11.4 Å². The maximum Gasteiger partial charge on any atom is 0.292 e. The predicted molar refractivity (Wildman–Crippen MR) is 83.8 cm³/mol. The van der Waals surface area contributed by atoms with E-state index in [1.54, 1.807) is 12.1 Å². The van der Waals surface area contributed by atoms with Crippen LogP contribution >= 0.6 is 0 Å². The number of aryl methyl sites for hydroxylation is 1. The van der Waals surface area contributed by atoms with Gasteiger partial charge in [-0.05, 0) is 24.5 Å². The Bertz CT molecular complexity index is 419. The number of unbranched alkanes of at least 4 members (excludes halogenated alkanes) is 7. The molecular formula is C16H26N2O2. The minimum absolute atomic E-state index is 0.0297. The van der Waals surface area contributed by atoms with Crippen molar-refractivity contribution in [3.05, 3.63) is 33.9 Å². The molecule has 0 aromatic heterocycles. The monoisotopic (exact) mass is 278 g/mol. The van der Waals surface area contributed by atoms with Crippen LogP contribution in [0.3, 0.4) is 0 Å². The van der Waals surface area contributed by atoms with Crippen LogP contribution in [0, 0.1) is 10.1 Å². The lowest BCUT2D eigenvalue weighted by atomic mass is 10.0. The number of hydrogen-bond donors (Lipinski definition) is 1. The molecule has 1 aromatic rings. The van der Waals surface area contributed by atoms with Gasteiger partial charge in [0.2, 0.25) is 0 Å². The van der Waals surface area contributed by atoms with Crippen molar-refractivity contribution in [2.75, 3.05) is 5.73 Å². The molecule has 1 rings (SSSR count). The third-order valence-electron chi connectivity index (χ3n) is 3.61. The molecule has 0 saturated heterocycles. The largest absolute Gasteiger partial charge is 0.393 e. The summed E-state index contributed by atoms with van der Waals surface area (Å²) in [5, 5.41) is 10.8. The van der Waals surface area contributed by atoms with Crippen molar-refractivity contribution in [3.63, 3.8) is 0 Å². The Labute approximate surface area is 121 Å². The zero-order chi connectivity index (χ0) is 14.8. The van der Waals surface area contributed by atoms with Crippen LogP contribution < -0.4 is 5.73 Å². The molecule has 112 valence electrons. The third kappa shape index (κ3) is 6.04. The van der Waals surface area contributed by atoms with Gasteiger partial charge in [-0.1, -0.05) is 57.9 Å². The molecule has 20 heavy (non-hydrogen) atoms. The molecule has 0 bridgehead atoms. The maximum atomic E-state index is 10.8. The second-order valence-electron chi connectivity index (χ2n) is 5.38. The molecule has 4 heteroatoms. The summed E-state index contributed by atoms with van der Waals surface area (Å²) < 4.78 is 0. The number of nitrogens with two attached hydrogens (primary N) is 1. The highest BCUT2D eigenvalue weighted by Crippen LogP contribution is 2.23. The van der Waals surface area contributed by atoms with Crippen LogP contribution in [0.1, 0.15) is 63.9 Å². The Morgan fingerprint density at radius 3 is 2.25 bits per heavy atom. The van der Waals surface area contributed by atoms with Gasteiger partial charge >= 0.3 is 0 Å². The van der Waals surface area contributed by atoms with E-state index in [9.17, 15) is 10.1 Å². The van der Waals surface area contributed by atoms with Gasteiger partial charge in [-0.15, -0.1) is 0 Å². The number of rotatable bonds is 10. The van der Waals surface area contributed by atoms with E-state index in [0.29, 0.717) is 0 Å². The number of hydrogen-bond acceptors (Lipinski definition) is 3. The predicted octanol–water partition coefficient (Wildman–Crippen LogP) is 4.86. The van der Waals surface area contributed by atoms with Crippen molar-refractivity contribution < 1.29 is 4.92 Å². The van der Waals surface area contributed by atoms with Crippen molar-refractivity contribution in [2.24, 2.45) is 0 Å². The Hall–Kier alpha value is -1.58. The molecule has 4 nitrogen and oxygen atoms in total. The highest BCUT2D eigenvalue weighted by Gasteiger charge is 2.11. The second-order valence-corrected chi connectivity index (χ2v) is 5.38. The first-order chi connectivity index (χ1) is 9.65. The van der Waals surface area contributed by atoms with E-state index in [4.69, 9.17) is 5.73 Å². The Balaban J connectivity index is 2.22. The van der Waals surface area contributed by atoms with Gasteiger partial charge in [0.05, 0.1) is 4.92 Å². The number of nitrogens with zero attached hydrogens (tertiary/aromatic N) is 1. The molecule has 0 unspecified atom stereocenters. The molecule has 0 radical (unpaired) electrons. The minimum Gasteiger partial charge on any atom is -0.393 e. The van der Waals surface area contributed by atoms with Crippen molar-refractivity contribution in [1.82, 2.24) is 0 Å². The topological polar surface area (TPSA) is 69.2 Å². The van der Waals surface area contributed by atoms with Crippen LogP contribution in [0.2, 0.25) is 0 Å². The van der Waals surface area contributed by atoms with Gasteiger partial charge in [0.1, 0.15) is 5.69 Å². The van der Waals surface area contributed by atoms with Crippen molar-refractivity contribution in [1.29, 1.82) is 0 Å². The molecule has 0 atom stereocenters. The summed E-state index contributed by atoms with van der Waals surface area (Å²) >= 11 is 0. The molecule has 0 aliphatic carbocycles. The summed E-state index contributed by atoms with van der Waals surface area (Å²) in [5.41, 5.74) is 6.87. The van der Waals surface area contributed by atoms with Crippen LogP contribution in [0.15, 0.2) is 18.2 Å². The van der Waals surface area contributed by atoms with Crippen LogP contribution in [0.25, 0.3) is 0 Å². The summed E-state index contributed by atoms with van der Waals surface area (Å²) in [7, 11) is 0. The Morgan fingerprint density at radius 2 is 1.65 bits per heavy atom. The minimum atomic E-state index is -0.410. The molecule has 0 heterocycles. The van der Waals surface area contributed by atoms with Crippen LogP contribution in [-0.4, -0.2) is 4.92 Å². The summed E-state index contributed by atoms with van der Waals surface area (Å²) in [4.78, 5) is 10.4. The first-order valence-electron chi connectivity index (χ1n) is 7.68. The number of nitrogen functional groups attached to an aromatic ring is 1. The third-order valence-corrected chi connectivity index (χ3v) is 3.61. The molecule has 0 aliphatic rings. The Kier molecular flexibility index (Phi) is 7.70. The van der Waals surface area contributed by atoms with Gasteiger partial charge in [-0.2, -0.15) is 0 Å². The highest BCUT2D eigenvalue weighted by atomic mass is 16.6. The molecule has 0 aliphatic heterocycles. The van der Waals surface area contributed by atoms with Gasteiger partial charge in [0.15, 0.2) is 0 Å². The van der Waals surface area contributed by atoms with Crippen LogP contribution in [-0.2, 0) is 6.42 Å². The first-order valence-corrected chi connectivity index (χ1v) is 7.68. The van der Waals surface area contributed by atoms with Crippen LogP contribution in [0.4, 0.5) is 11.4 Å². The first kappa shape index (κ1) is 16.5. The second kappa shape index (κ2) is 9.34. The standard InChI is InChI=1S/C16H26N2O2/c1-2-3-4-5-6-7-8-9-10-14-11-12-15(17)16(13-14)18(19)20/h11-13H,2-10,17H2,1H3.